The summed E-state index contributed by atoms with van der Waals surface area (Å²) in [5.41, 5.74) is 1.35. The van der Waals surface area contributed by atoms with Gasteiger partial charge in [0.2, 0.25) is 0 Å². The summed E-state index contributed by atoms with van der Waals surface area (Å²) in [4.78, 5) is 11.5. The number of nitrogens with zero attached hydrogens (tertiary/aromatic N) is 1. The second kappa shape index (κ2) is 3.74. The van der Waals surface area contributed by atoms with E-state index >= 15 is 0 Å². The SMILES string of the molecule is CC(C)Cn1c(=O)oc2ccc(Cl)cc21. The first-order valence-electron chi connectivity index (χ1n) is 4.87. The molecule has 0 aliphatic carbocycles. The van der Waals surface area contributed by atoms with Gasteiger partial charge in [0.1, 0.15) is 0 Å². The van der Waals surface area contributed by atoms with Gasteiger partial charge in [-0.15, -0.1) is 0 Å². The molecule has 3 nitrogen and oxygen atoms in total. The fraction of sp³-hybridized carbons (Fsp3) is 0.364. The van der Waals surface area contributed by atoms with E-state index in [4.69, 9.17) is 16.0 Å². The van der Waals surface area contributed by atoms with E-state index in [9.17, 15) is 4.79 Å². The predicted molar refractivity (Wildman–Crippen MR) is 60.3 cm³/mol. The first kappa shape index (κ1) is 10.3. The molecule has 1 aromatic carbocycles. The van der Waals surface area contributed by atoms with Crippen LogP contribution in [0.2, 0.25) is 5.02 Å². The lowest BCUT2D eigenvalue weighted by molar-refractivity contribution is 0.458. The highest BCUT2D eigenvalue weighted by Crippen LogP contribution is 2.19. The van der Waals surface area contributed by atoms with Crippen molar-refractivity contribution in [1.82, 2.24) is 4.57 Å². The lowest BCUT2D eigenvalue weighted by atomic mass is 10.2. The van der Waals surface area contributed by atoms with Crippen LogP contribution in [0.3, 0.4) is 0 Å². The zero-order chi connectivity index (χ0) is 11.0. The van der Waals surface area contributed by atoms with Crippen LogP contribution in [0.15, 0.2) is 27.4 Å². The summed E-state index contributed by atoms with van der Waals surface area (Å²) >= 11 is 5.88. The third-order valence-corrected chi connectivity index (χ3v) is 2.41. The maximum Gasteiger partial charge on any atom is 0.419 e. The Bertz CT molecular complexity index is 539. The van der Waals surface area contributed by atoms with Gasteiger partial charge in [0.25, 0.3) is 0 Å². The Kier molecular flexibility index (Phi) is 2.57. The van der Waals surface area contributed by atoms with Crippen molar-refractivity contribution in [2.45, 2.75) is 20.4 Å². The average molecular weight is 226 g/mol. The fourth-order valence-corrected chi connectivity index (χ4v) is 1.74. The van der Waals surface area contributed by atoms with Crippen molar-refractivity contribution in [2.75, 3.05) is 0 Å². The molecule has 0 fully saturated rings. The first-order valence-corrected chi connectivity index (χ1v) is 5.24. The van der Waals surface area contributed by atoms with Crippen LogP contribution in [0, 0.1) is 5.92 Å². The van der Waals surface area contributed by atoms with Crippen molar-refractivity contribution >= 4 is 22.7 Å². The summed E-state index contributed by atoms with van der Waals surface area (Å²) in [6, 6.07) is 5.19. The number of hydrogen-bond acceptors (Lipinski definition) is 2. The van der Waals surface area contributed by atoms with Crippen LogP contribution in [0.5, 0.6) is 0 Å². The minimum Gasteiger partial charge on any atom is -0.408 e. The zero-order valence-corrected chi connectivity index (χ0v) is 9.41. The maximum absolute atomic E-state index is 11.5. The van der Waals surface area contributed by atoms with Crippen molar-refractivity contribution in [3.63, 3.8) is 0 Å². The normalized spacial score (nSPS) is 11.5. The van der Waals surface area contributed by atoms with Gasteiger partial charge in [-0.25, -0.2) is 4.79 Å². The summed E-state index contributed by atoms with van der Waals surface area (Å²) in [6.07, 6.45) is 0. The number of benzene rings is 1. The van der Waals surface area contributed by atoms with E-state index < -0.39 is 0 Å². The molecule has 1 aromatic heterocycles. The van der Waals surface area contributed by atoms with Crippen LogP contribution < -0.4 is 5.76 Å². The summed E-state index contributed by atoms with van der Waals surface area (Å²) < 4.78 is 6.72. The maximum atomic E-state index is 11.5. The molecule has 15 heavy (non-hydrogen) atoms. The van der Waals surface area contributed by atoms with Crippen molar-refractivity contribution in [3.05, 3.63) is 33.8 Å². The highest BCUT2D eigenvalue weighted by Gasteiger charge is 2.10. The Morgan fingerprint density at radius 3 is 2.87 bits per heavy atom. The van der Waals surface area contributed by atoms with E-state index in [1.807, 2.05) is 0 Å². The van der Waals surface area contributed by atoms with Gasteiger partial charge in [-0.2, -0.15) is 0 Å². The van der Waals surface area contributed by atoms with E-state index in [-0.39, 0.29) is 5.76 Å². The van der Waals surface area contributed by atoms with E-state index in [1.165, 1.54) is 0 Å². The number of halogens is 1. The van der Waals surface area contributed by atoms with Crippen LogP contribution in [0.4, 0.5) is 0 Å². The van der Waals surface area contributed by atoms with E-state index in [0.29, 0.717) is 23.1 Å². The molecule has 0 N–H and O–H groups in total. The van der Waals surface area contributed by atoms with E-state index in [0.717, 1.165) is 5.52 Å². The molecular formula is C11H12ClNO2. The molecule has 0 atom stereocenters. The van der Waals surface area contributed by atoms with Crippen LogP contribution in [0.1, 0.15) is 13.8 Å². The van der Waals surface area contributed by atoms with Gasteiger partial charge < -0.3 is 4.42 Å². The second-order valence-electron chi connectivity index (χ2n) is 3.98. The van der Waals surface area contributed by atoms with Gasteiger partial charge >= 0.3 is 5.76 Å². The van der Waals surface area contributed by atoms with Gasteiger partial charge in [-0.3, -0.25) is 4.57 Å². The molecule has 2 rings (SSSR count). The van der Waals surface area contributed by atoms with Crippen molar-refractivity contribution < 1.29 is 4.42 Å². The Morgan fingerprint density at radius 2 is 2.20 bits per heavy atom. The van der Waals surface area contributed by atoms with Gasteiger partial charge in [-0.05, 0) is 24.1 Å². The molecule has 0 spiro atoms. The van der Waals surface area contributed by atoms with Crippen LogP contribution in [-0.2, 0) is 6.54 Å². The largest absolute Gasteiger partial charge is 0.419 e. The van der Waals surface area contributed by atoms with Crippen molar-refractivity contribution in [2.24, 2.45) is 5.92 Å². The summed E-state index contributed by atoms with van der Waals surface area (Å²) in [5, 5.41) is 0.612. The third-order valence-electron chi connectivity index (χ3n) is 2.18. The van der Waals surface area contributed by atoms with Crippen molar-refractivity contribution in [3.8, 4) is 0 Å². The molecule has 80 valence electrons. The molecule has 0 bridgehead atoms. The summed E-state index contributed by atoms with van der Waals surface area (Å²) in [7, 11) is 0. The molecule has 1 heterocycles. The Balaban J connectivity index is 2.65. The van der Waals surface area contributed by atoms with E-state index in [2.05, 4.69) is 13.8 Å². The van der Waals surface area contributed by atoms with E-state index in [1.54, 1.807) is 22.8 Å². The number of aromatic nitrogens is 1. The first-order chi connectivity index (χ1) is 7.08. The second-order valence-corrected chi connectivity index (χ2v) is 4.42. The molecule has 0 saturated heterocycles. The van der Waals surface area contributed by atoms with Crippen molar-refractivity contribution in [1.29, 1.82) is 0 Å². The fourth-order valence-electron chi connectivity index (χ4n) is 1.57. The minimum absolute atomic E-state index is 0.319. The minimum atomic E-state index is -0.319. The lowest BCUT2D eigenvalue weighted by Crippen LogP contribution is -2.17. The molecule has 0 aliphatic rings. The van der Waals surface area contributed by atoms with Gasteiger partial charge in [0.15, 0.2) is 5.58 Å². The Hall–Kier alpha value is -1.22. The monoisotopic (exact) mass is 225 g/mol. The lowest BCUT2D eigenvalue weighted by Gasteiger charge is -2.04. The number of oxazole rings is 1. The third kappa shape index (κ3) is 1.92. The quantitative estimate of drug-likeness (QED) is 0.788. The number of hydrogen-bond donors (Lipinski definition) is 0. The van der Waals surface area contributed by atoms with Gasteiger partial charge in [0.05, 0.1) is 5.52 Å². The summed E-state index contributed by atoms with van der Waals surface area (Å²) in [6.45, 7) is 4.75. The zero-order valence-electron chi connectivity index (χ0n) is 8.66. The van der Waals surface area contributed by atoms with Gasteiger partial charge in [-0.1, -0.05) is 25.4 Å². The molecule has 0 aliphatic heterocycles. The number of rotatable bonds is 2. The molecule has 0 saturated carbocycles. The predicted octanol–water partition coefficient (Wildman–Crippen LogP) is 2.90. The number of fused-ring (bicyclic) bond motifs is 1. The van der Waals surface area contributed by atoms with Crippen LogP contribution >= 0.6 is 11.6 Å². The average Bonchev–Trinajstić information content (AvgIpc) is 2.43. The Labute approximate surface area is 92.3 Å². The molecule has 4 heteroatoms. The standard InChI is InChI=1S/C11H12ClNO2/c1-7(2)6-13-9-5-8(12)3-4-10(9)15-11(13)14/h3-5,7H,6H2,1-2H3. The highest BCUT2D eigenvalue weighted by molar-refractivity contribution is 6.31. The molecular weight excluding hydrogens is 214 g/mol. The van der Waals surface area contributed by atoms with Crippen LogP contribution in [-0.4, -0.2) is 4.57 Å². The molecule has 2 aromatic rings. The smallest absolute Gasteiger partial charge is 0.408 e. The van der Waals surface area contributed by atoms with Crippen LogP contribution in [0.25, 0.3) is 11.1 Å². The topological polar surface area (TPSA) is 35.1 Å². The highest BCUT2D eigenvalue weighted by atomic mass is 35.5. The molecule has 0 amide bonds. The Morgan fingerprint density at radius 1 is 1.47 bits per heavy atom. The molecule has 0 radical (unpaired) electrons. The van der Waals surface area contributed by atoms with Gasteiger partial charge in [0, 0.05) is 11.6 Å². The summed E-state index contributed by atoms with van der Waals surface area (Å²) in [5.74, 6) is 0.0726. The molecule has 0 unspecified atom stereocenters.